The number of aryl methyl sites for hydroxylation is 1. The molecule has 0 saturated heterocycles. The van der Waals surface area contributed by atoms with Crippen molar-refractivity contribution < 1.29 is 0 Å². The minimum Gasteiger partial charge on any atom is -0.344 e. The lowest BCUT2D eigenvalue weighted by Gasteiger charge is -2.44. The van der Waals surface area contributed by atoms with E-state index in [1.54, 1.807) is 0 Å². The van der Waals surface area contributed by atoms with Gasteiger partial charge in [0.1, 0.15) is 0 Å². The van der Waals surface area contributed by atoms with Gasteiger partial charge in [-0.25, -0.2) is 0 Å². The number of benzene rings is 6. The Morgan fingerprint density at radius 2 is 1.20 bits per heavy atom. The number of aromatic nitrogens is 1. The second-order valence-corrected chi connectivity index (χ2v) is 16.1. The van der Waals surface area contributed by atoms with Gasteiger partial charge in [0.25, 0.3) is 0 Å². The van der Waals surface area contributed by atoms with Crippen molar-refractivity contribution in [1.29, 1.82) is 0 Å². The Balaban J connectivity index is 1.42. The molecule has 4 heteroatoms. The summed E-state index contributed by atoms with van der Waals surface area (Å²) in [5.74, 6) is 0. The molecule has 2 aliphatic heterocycles. The van der Waals surface area contributed by atoms with Gasteiger partial charge in [-0.3, -0.25) is 0 Å². The molecule has 0 N–H and O–H groups in total. The number of fused-ring (bicyclic) bond motifs is 7. The summed E-state index contributed by atoms with van der Waals surface area (Å²) < 4.78 is 2.37. The average molecular weight is 556 g/mol. The number of rotatable bonds is 2. The summed E-state index contributed by atoms with van der Waals surface area (Å²) in [5, 5.41) is 8.62. The highest BCUT2D eigenvalue weighted by Gasteiger charge is 2.51. The number of hydrogen-bond acceptors (Lipinski definition) is 1. The highest BCUT2D eigenvalue weighted by molar-refractivity contribution is 8.00. The van der Waals surface area contributed by atoms with Gasteiger partial charge in [0.05, 0.1) is 0 Å². The Hall–Kier alpha value is -4.25. The zero-order valence-electron chi connectivity index (χ0n) is 22.7. The molecule has 6 aromatic carbocycles. The van der Waals surface area contributed by atoms with Crippen LogP contribution in [0.3, 0.4) is 0 Å². The van der Waals surface area contributed by atoms with Gasteiger partial charge >= 0.3 is 0 Å². The predicted molar refractivity (Wildman–Crippen MR) is 179 cm³/mol. The molecule has 0 fully saturated rings. The Labute approximate surface area is 245 Å². The molecular weight excluding hydrogens is 529 g/mol. The monoisotopic (exact) mass is 555 g/mol. The Morgan fingerprint density at radius 1 is 0.537 bits per heavy atom. The maximum Gasteiger partial charge on any atom is 0.244 e. The Kier molecular flexibility index (Phi) is 4.93. The summed E-state index contributed by atoms with van der Waals surface area (Å²) in [5.41, 5.74) is 7.01. The maximum absolute atomic E-state index is 2.56. The molecule has 192 valence electrons. The van der Waals surface area contributed by atoms with Crippen LogP contribution in [0, 0.1) is 0 Å². The van der Waals surface area contributed by atoms with Crippen molar-refractivity contribution in [1.82, 2.24) is 4.57 Å². The van der Waals surface area contributed by atoms with Crippen LogP contribution in [-0.2, 0) is 7.05 Å². The van der Waals surface area contributed by atoms with Gasteiger partial charge in [0.2, 0.25) is 6.71 Å². The van der Waals surface area contributed by atoms with Crippen LogP contribution in [0.25, 0.3) is 21.8 Å². The summed E-state index contributed by atoms with van der Waals surface area (Å²) in [4.78, 5) is 2.78. The van der Waals surface area contributed by atoms with E-state index >= 15 is 0 Å². The largest absolute Gasteiger partial charge is 0.344 e. The molecule has 2 aliphatic rings. The van der Waals surface area contributed by atoms with Gasteiger partial charge in [0.15, 0.2) is 8.07 Å². The fourth-order valence-electron chi connectivity index (χ4n) is 7.77. The molecule has 9 rings (SSSR count). The van der Waals surface area contributed by atoms with Crippen molar-refractivity contribution in [3.8, 4) is 0 Å². The highest BCUT2D eigenvalue weighted by Crippen LogP contribution is 2.36. The molecule has 41 heavy (non-hydrogen) atoms. The van der Waals surface area contributed by atoms with E-state index in [9.17, 15) is 0 Å². The van der Waals surface area contributed by atoms with E-state index in [4.69, 9.17) is 0 Å². The van der Waals surface area contributed by atoms with Crippen molar-refractivity contribution in [2.45, 2.75) is 9.79 Å². The van der Waals surface area contributed by atoms with Crippen molar-refractivity contribution in [3.05, 3.63) is 140 Å². The van der Waals surface area contributed by atoms with Gasteiger partial charge in [0, 0.05) is 38.6 Å². The maximum atomic E-state index is 2.50. The van der Waals surface area contributed by atoms with Crippen LogP contribution >= 0.6 is 11.8 Å². The van der Waals surface area contributed by atoms with Gasteiger partial charge in [-0.1, -0.05) is 143 Å². The summed E-state index contributed by atoms with van der Waals surface area (Å²) in [6.45, 7) is 0.212. The van der Waals surface area contributed by atoms with Crippen LogP contribution in [0.1, 0.15) is 0 Å². The van der Waals surface area contributed by atoms with Crippen LogP contribution in [0.2, 0.25) is 0 Å². The SMILES string of the molecule is Cn1c2ccccc2c2cc3c(cc21)B1c2ccccc2[Si](c2ccccc2)(c2ccccc2)c2cccc(c21)S3. The van der Waals surface area contributed by atoms with E-state index in [2.05, 4.69) is 151 Å². The first kappa shape index (κ1) is 23.5. The van der Waals surface area contributed by atoms with E-state index in [-0.39, 0.29) is 6.71 Å². The molecule has 0 bridgehead atoms. The lowest BCUT2D eigenvalue weighted by Crippen LogP contribution is -2.87. The van der Waals surface area contributed by atoms with Crippen molar-refractivity contribution in [2.75, 3.05) is 0 Å². The van der Waals surface area contributed by atoms with Gasteiger partial charge < -0.3 is 4.57 Å². The third-order valence-electron chi connectivity index (χ3n) is 9.42. The van der Waals surface area contributed by atoms with Crippen molar-refractivity contribution in [3.63, 3.8) is 0 Å². The van der Waals surface area contributed by atoms with Crippen LogP contribution in [-0.4, -0.2) is 19.4 Å². The zero-order valence-corrected chi connectivity index (χ0v) is 24.5. The second kappa shape index (κ2) is 8.63. The molecule has 7 aromatic rings. The Morgan fingerprint density at radius 3 is 1.98 bits per heavy atom. The van der Waals surface area contributed by atoms with Gasteiger partial charge in [-0.05, 0) is 45.0 Å². The first-order valence-corrected chi connectivity index (χ1v) is 17.1. The normalized spacial score (nSPS) is 14.5. The first-order chi connectivity index (χ1) is 20.3. The first-order valence-electron chi connectivity index (χ1n) is 14.3. The van der Waals surface area contributed by atoms with E-state index in [1.165, 1.54) is 68.7 Å². The summed E-state index contributed by atoms with van der Waals surface area (Å²) in [6, 6.07) is 52.9. The molecule has 3 heterocycles. The second-order valence-electron chi connectivity index (χ2n) is 11.3. The fourth-order valence-corrected chi connectivity index (χ4v) is 14.3. The summed E-state index contributed by atoms with van der Waals surface area (Å²) in [7, 11) is -0.350. The van der Waals surface area contributed by atoms with Crippen LogP contribution < -0.4 is 37.1 Å². The molecule has 0 aliphatic carbocycles. The van der Waals surface area contributed by atoms with Gasteiger partial charge in [-0.2, -0.15) is 0 Å². The van der Waals surface area contributed by atoms with E-state index < -0.39 is 8.07 Å². The van der Waals surface area contributed by atoms with Crippen molar-refractivity contribution >= 4 is 85.5 Å². The minimum absolute atomic E-state index is 0.212. The molecule has 1 aromatic heterocycles. The van der Waals surface area contributed by atoms with E-state index in [0.29, 0.717) is 0 Å². The standard InChI is InChI=1S/C37H26BNSSi/c1-39-31-19-10-8-17-27(31)28-23-34-30(24-32(28)39)38-29-18-9-11-21-35(29)41(25-13-4-2-5-14-25,26-15-6-3-7-16-26)36-22-12-20-33(40-34)37(36)38/h2-24H,1H3. The predicted octanol–water partition coefficient (Wildman–Crippen LogP) is 4.00. The smallest absolute Gasteiger partial charge is 0.244 e. The molecule has 0 unspecified atom stereocenters. The van der Waals surface area contributed by atoms with Crippen molar-refractivity contribution in [2.24, 2.45) is 7.05 Å². The lowest BCUT2D eigenvalue weighted by atomic mass is 9.36. The van der Waals surface area contributed by atoms with Crippen LogP contribution in [0.5, 0.6) is 0 Å². The molecule has 0 spiro atoms. The third kappa shape index (κ3) is 3.04. The zero-order chi connectivity index (χ0) is 27.1. The molecule has 0 saturated carbocycles. The highest BCUT2D eigenvalue weighted by atomic mass is 32.2. The number of nitrogens with zero attached hydrogens (tertiary/aromatic N) is 1. The van der Waals surface area contributed by atoms with E-state index in [1.807, 2.05) is 11.8 Å². The van der Waals surface area contributed by atoms with E-state index in [0.717, 1.165) is 0 Å². The van der Waals surface area contributed by atoms with Crippen LogP contribution in [0.4, 0.5) is 0 Å². The minimum atomic E-state index is -2.56. The molecular formula is C37H26BNSSi. The lowest BCUT2D eigenvalue weighted by molar-refractivity contribution is 1.01. The number of para-hydroxylation sites is 1. The summed E-state index contributed by atoms with van der Waals surface area (Å²) >= 11 is 1.96. The quantitative estimate of drug-likeness (QED) is 0.292. The molecule has 0 amide bonds. The molecule has 0 atom stereocenters. The summed E-state index contributed by atoms with van der Waals surface area (Å²) in [6.07, 6.45) is 0. The van der Waals surface area contributed by atoms with Crippen LogP contribution in [0.15, 0.2) is 149 Å². The van der Waals surface area contributed by atoms with Gasteiger partial charge in [-0.15, -0.1) is 0 Å². The molecule has 1 nitrogen and oxygen atoms in total. The fraction of sp³-hybridized carbons (Fsp3) is 0.0270. The molecule has 0 radical (unpaired) electrons. The topological polar surface area (TPSA) is 4.93 Å². The number of hydrogen-bond donors (Lipinski definition) is 0. The third-order valence-corrected chi connectivity index (χ3v) is 15.5. The Bertz CT molecular complexity index is 2110. The average Bonchev–Trinajstić information content (AvgIpc) is 3.31.